The first-order valence-electron chi connectivity index (χ1n) is 11.1. The molecule has 1 saturated heterocycles. The largest absolute Gasteiger partial charge is 0.452 e. The molecule has 0 radical (unpaired) electrons. The molecule has 0 bridgehead atoms. The second-order valence-electron chi connectivity index (χ2n) is 9.28. The summed E-state index contributed by atoms with van der Waals surface area (Å²) in [6.07, 6.45) is 2.94. The van der Waals surface area contributed by atoms with Crippen molar-refractivity contribution in [3.8, 4) is 0 Å². The van der Waals surface area contributed by atoms with E-state index < -0.39 is 28.3 Å². The molecule has 2 heterocycles. The van der Waals surface area contributed by atoms with E-state index >= 15 is 0 Å². The number of fused-ring (bicyclic) bond motifs is 1. The molecule has 1 aliphatic heterocycles. The van der Waals surface area contributed by atoms with Crippen molar-refractivity contribution in [2.75, 3.05) is 30.0 Å². The Labute approximate surface area is 193 Å². The summed E-state index contributed by atoms with van der Waals surface area (Å²) in [7, 11) is -3.15. The van der Waals surface area contributed by atoms with Crippen molar-refractivity contribution >= 4 is 44.0 Å². The molecular formula is C22H32N2O6S2. The van der Waals surface area contributed by atoms with Crippen LogP contribution in [-0.2, 0) is 37.0 Å². The lowest BCUT2D eigenvalue weighted by molar-refractivity contribution is -0.137. The SMILES string of the molecule is CC(C)CN(C(=O)COC(=O)c1c(NC(=O)C(C)C)sc2c1CCC2)[C@H]1CCS(=O)(=O)C1. The summed E-state index contributed by atoms with van der Waals surface area (Å²) >= 11 is 1.40. The van der Waals surface area contributed by atoms with E-state index in [0.717, 1.165) is 29.7 Å². The first-order chi connectivity index (χ1) is 15.0. The standard InChI is InChI=1S/C22H32N2O6S2/c1-13(2)10-24(15-8-9-32(28,29)12-15)18(25)11-30-22(27)19-16-6-5-7-17(16)31-21(19)23-20(26)14(3)4/h13-15H,5-12H2,1-4H3,(H,23,26)/t15-/m0/s1. The second-order valence-corrected chi connectivity index (χ2v) is 12.6. The van der Waals surface area contributed by atoms with Gasteiger partial charge in [0.05, 0.1) is 17.1 Å². The number of rotatable bonds is 8. The highest BCUT2D eigenvalue weighted by Crippen LogP contribution is 2.39. The van der Waals surface area contributed by atoms with Crippen LogP contribution in [0.1, 0.15) is 61.3 Å². The van der Waals surface area contributed by atoms with Crippen LogP contribution < -0.4 is 5.32 Å². The number of hydrogen-bond donors (Lipinski definition) is 1. The molecule has 0 saturated carbocycles. The third kappa shape index (κ3) is 5.70. The molecule has 1 aromatic heterocycles. The van der Waals surface area contributed by atoms with Crippen molar-refractivity contribution in [1.29, 1.82) is 0 Å². The summed E-state index contributed by atoms with van der Waals surface area (Å²) in [5.74, 6) is -1.27. The zero-order chi connectivity index (χ0) is 23.6. The maximum Gasteiger partial charge on any atom is 0.341 e. The number of nitrogens with one attached hydrogen (secondary N) is 1. The van der Waals surface area contributed by atoms with Crippen molar-refractivity contribution in [2.45, 2.75) is 59.4 Å². The summed E-state index contributed by atoms with van der Waals surface area (Å²) in [4.78, 5) is 40.7. The first-order valence-corrected chi connectivity index (χ1v) is 13.7. The van der Waals surface area contributed by atoms with Gasteiger partial charge < -0.3 is 15.0 Å². The van der Waals surface area contributed by atoms with Crippen LogP contribution in [0.5, 0.6) is 0 Å². The molecule has 1 fully saturated rings. The Morgan fingerprint density at radius 3 is 2.50 bits per heavy atom. The smallest absolute Gasteiger partial charge is 0.341 e. The fourth-order valence-electron chi connectivity index (χ4n) is 4.12. The van der Waals surface area contributed by atoms with E-state index in [0.29, 0.717) is 23.5 Å². The molecule has 2 amide bonds. The van der Waals surface area contributed by atoms with Crippen LogP contribution in [0.2, 0.25) is 0 Å². The zero-order valence-electron chi connectivity index (χ0n) is 19.1. The Morgan fingerprint density at radius 2 is 1.91 bits per heavy atom. The van der Waals surface area contributed by atoms with E-state index in [-0.39, 0.29) is 35.3 Å². The van der Waals surface area contributed by atoms with Gasteiger partial charge in [-0.3, -0.25) is 9.59 Å². The Bertz CT molecular complexity index is 996. The predicted molar refractivity (Wildman–Crippen MR) is 124 cm³/mol. The van der Waals surface area contributed by atoms with Crippen LogP contribution in [-0.4, -0.2) is 61.8 Å². The molecule has 10 heteroatoms. The Morgan fingerprint density at radius 1 is 1.19 bits per heavy atom. The maximum atomic E-state index is 13.0. The van der Waals surface area contributed by atoms with E-state index in [1.165, 1.54) is 11.3 Å². The summed E-state index contributed by atoms with van der Waals surface area (Å²) in [6.45, 7) is 7.41. The molecule has 0 aromatic carbocycles. The lowest BCUT2D eigenvalue weighted by atomic mass is 10.1. The molecular weight excluding hydrogens is 452 g/mol. The first kappa shape index (κ1) is 24.7. The summed E-state index contributed by atoms with van der Waals surface area (Å²) in [5, 5.41) is 3.31. The van der Waals surface area contributed by atoms with Gasteiger partial charge in [-0.2, -0.15) is 0 Å². The van der Waals surface area contributed by atoms with Crippen LogP contribution >= 0.6 is 11.3 Å². The number of sulfone groups is 1. The topological polar surface area (TPSA) is 110 Å². The third-order valence-electron chi connectivity index (χ3n) is 5.74. The van der Waals surface area contributed by atoms with Gasteiger partial charge in [0.1, 0.15) is 5.00 Å². The molecule has 3 rings (SSSR count). The number of anilines is 1. The molecule has 1 atom stereocenters. The van der Waals surface area contributed by atoms with Gasteiger partial charge in [0.15, 0.2) is 16.4 Å². The Hall–Kier alpha value is -1.94. The van der Waals surface area contributed by atoms with Crippen molar-refractivity contribution in [1.82, 2.24) is 4.90 Å². The number of esters is 1. The number of aryl methyl sites for hydroxylation is 1. The molecule has 2 aliphatic rings. The monoisotopic (exact) mass is 484 g/mol. The zero-order valence-corrected chi connectivity index (χ0v) is 20.7. The Balaban J connectivity index is 1.73. The van der Waals surface area contributed by atoms with Gasteiger partial charge in [-0.05, 0) is 37.2 Å². The number of nitrogens with zero attached hydrogens (tertiary/aromatic N) is 1. The molecule has 32 heavy (non-hydrogen) atoms. The minimum Gasteiger partial charge on any atom is -0.452 e. The summed E-state index contributed by atoms with van der Waals surface area (Å²) < 4.78 is 29.2. The van der Waals surface area contributed by atoms with Gasteiger partial charge >= 0.3 is 5.97 Å². The van der Waals surface area contributed by atoms with Gasteiger partial charge in [-0.25, -0.2) is 13.2 Å². The van der Waals surface area contributed by atoms with Gasteiger partial charge in [0, 0.05) is 23.4 Å². The van der Waals surface area contributed by atoms with E-state index in [2.05, 4.69) is 5.32 Å². The van der Waals surface area contributed by atoms with E-state index in [1.54, 1.807) is 18.7 Å². The van der Waals surface area contributed by atoms with Gasteiger partial charge in [0.2, 0.25) is 5.91 Å². The van der Waals surface area contributed by atoms with Crippen molar-refractivity contribution in [3.63, 3.8) is 0 Å². The fourth-order valence-corrected chi connectivity index (χ4v) is 7.13. The number of carbonyl (C=O) groups is 3. The van der Waals surface area contributed by atoms with E-state index in [9.17, 15) is 22.8 Å². The summed E-state index contributed by atoms with van der Waals surface area (Å²) in [5.41, 5.74) is 1.25. The summed E-state index contributed by atoms with van der Waals surface area (Å²) in [6, 6.07) is -0.389. The fraction of sp³-hybridized carbons (Fsp3) is 0.682. The average Bonchev–Trinajstić information content (AvgIpc) is 3.37. The van der Waals surface area contributed by atoms with Gasteiger partial charge in [-0.15, -0.1) is 11.3 Å². The third-order valence-corrected chi connectivity index (χ3v) is 8.70. The van der Waals surface area contributed by atoms with Crippen molar-refractivity contribution in [3.05, 3.63) is 16.0 Å². The number of amides is 2. The predicted octanol–water partition coefficient (Wildman–Crippen LogP) is 2.66. The van der Waals surface area contributed by atoms with Crippen LogP contribution in [0.15, 0.2) is 0 Å². The Kier molecular flexibility index (Phi) is 7.65. The van der Waals surface area contributed by atoms with Gasteiger partial charge in [-0.1, -0.05) is 27.7 Å². The number of thiophene rings is 1. The highest BCUT2D eigenvalue weighted by atomic mass is 32.2. The lowest BCUT2D eigenvalue weighted by Crippen LogP contribution is -2.45. The average molecular weight is 485 g/mol. The molecule has 1 N–H and O–H groups in total. The normalized spacial score (nSPS) is 19.2. The van der Waals surface area contributed by atoms with E-state index in [4.69, 9.17) is 4.74 Å². The van der Waals surface area contributed by atoms with Crippen molar-refractivity contribution in [2.24, 2.45) is 11.8 Å². The number of carbonyl (C=O) groups excluding carboxylic acids is 3. The highest BCUT2D eigenvalue weighted by Gasteiger charge is 2.36. The molecule has 8 nitrogen and oxygen atoms in total. The quantitative estimate of drug-likeness (QED) is 0.568. The van der Waals surface area contributed by atoms with Crippen LogP contribution in [0.3, 0.4) is 0 Å². The second kappa shape index (κ2) is 9.91. The van der Waals surface area contributed by atoms with E-state index in [1.807, 2.05) is 13.8 Å². The molecule has 1 aliphatic carbocycles. The lowest BCUT2D eigenvalue weighted by Gasteiger charge is -2.29. The molecule has 0 unspecified atom stereocenters. The van der Waals surface area contributed by atoms with Crippen LogP contribution in [0, 0.1) is 11.8 Å². The number of hydrogen-bond acceptors (Lipinski definition) is 7. The number of ether oxygens (including phenoxy) is 1. The molecule has 1 aromatic rings. The minimum absolute atomic E-state index is 0.0528. The van der Waals surface area contributed by atoms with Gasteiger partial charge in [0.25, 0.3) is 5.91 Å². The molecule has 0 spiro atoms. The minimum atomic E-state index is -3.15. The molecule has 178 valence electrons. The highest BCUT2D eigenvalue weighted by molar-refractivity contribution is 7.91. The van der Waals surface area contributed by atoms with Crippen LogP contribution in [0.25, 0.3) is 0 Å². The van der Waals surface area contributed by atoms with Crippen molar-refractivity contribution < 1.29 is 27.5 Å². The van der Waals surface area contributed by atoms with Crippen LogP contribution in [0.4, 0.5) is 5.00 Å². The maximum absolute atomic E-state index is 13.0.